The van der Waals surface area contributed by atoms with E-state index in [1.807, 2.05) is 0 Å². The first-order valence-electron chi connectivity index (χ1n) is 6.28. The summed E-state index contributed by atoms with van der Waals surface area (Å²) in [4.78, 5) is 24.2. The van der Waals surface area contributed by atoms with Crippen molar-refractivity contribution in [2.24, 2.45) is 7.05 Å². The number of likely N-dealkylation sites (N-methyl/N-ethyl adjacent to an activating group) is 1. The summed E-state index contributed by atoms with van der Waals surface area (Å²) < 4.78 is 6.66. The molecule has 0 unspecified atom stereocenters. The zero-order valence-corrected chi connectivity index (χ0v) is 11.5. The Morgan fingerprint density at radius 2 is 2.10 bits per heavy atom. The average Bonchev–Trinajstić information content (AvgIpc) is 2.85. The molecule has 0 saturated heterocycles. The van der Waals surface area contributed by atoms with E-state index in [4.69, 9.17) is 9.84 Å². The van der Waals surface area contributed by atoms with Gasteiger partial charge in [0.1, 0.15) is 11.4 Å². The number of hydrogen-bond acceptors (Lipinski definition) is 4. The van der Waals surface area contributed by atoms with Crippen molar-refractivity contribution in [3.63, 3.8) is 0 Å². The summed E-state index contributed by atoms with van der Waals surface area (Å²) in [6.45, 7) is 0.0234. The van der Waals surface area contributed by atoms with E-state index >= 15 is 0 Å². The number of fused-ring (bicyclic) bond motifs is 1. The lowest BCUT2D eigenvalue weighted by Gasteiger charge is -2.26. The fraction of sp³-hybridized carbons (Fsp3) is 0.214. The summed E-state index contributed by atoms with van der Waals surface area (Å²) in [7, 11) is 3.25. The molecule has 0 aliphatic carbocycles. The Hall–Kier alpha value is -2.83. The molecule has 108 valence electrons. The van der Waals surface area contributed by atoms with Gasteiger partial charge in [-0.1, -0.05) is 0 Å². The van der Waals surface area contributed by atoms with Gasteiger partial charge in [-0.15, -0.1) is 0 Å². The van der Waals surface area contributed by atoms with Crippen LogP contribution in [0, 0.1) is 0 Å². The average molecular weight is 287 g/mol. The van der Waals surface area contributed by atoms with Crippen molar-refractivity contribution in [1.82, 2.24) is 9.78 Å². The zero-order valence-electron chi connectivity index (χ0n) is 11.5. The summed E-state index contributed by atoms with van der Waals surface area (Å²) in [6.07, 6.45) is 0. The maximum atomic E-state index is 11.7. The highest BCUT2D eigenvalue weighted by atomic mass is 16.5. The molecule has 0 bridgehead atoms. The third-order valence-electron chi connectivity index (χ3n) is 3.44. The lowest BCUT2D eigenvalue weighted by molar-refractivity contribution is -0.120. The molecule has 1 aromatic heterocycles. The second-order valence-electron chi connectivity index (χ2n) is 4.77. The van der Waals surface area contributed by atoms with E-state index in [0.29, 0.717) is 17.1 Å². The molecule has 7 heteroatoms. The number of carboxylic acid groups (broad SMARTS) is 1. The Labute approximate surface area is 120 Å². The third kappa shape index (κ3) is 2.12. The van der Waals surface area contributed by atoms with E-state index in [2.05, 4.69) is 5.10 Å². The van der Waals surface area contributed by atoms with Crippen molar-refractivity contribution in [3.05, 3.63) is 30.0 Å². The van der Waals surface area contributed by atoms with Gasteiger partial charge in [-0.2, -0.15) is 5.10 Å². The number of benzene rings is 1. The summed E-state index contributed by atoms with van der Waals surface area (Å²) in [5.74, 6) is -0.549. The van der Waals surface area contributed by atoms with Crippen molar-refractivity contribution in [3.8, 4) is 17.0 Å². The second-order valence-corrected chi connectivity index (χ2v) is 4.77. The van der Waals surface area contributed by atoms with E-state index in [1.165, 1.54) is 15.6 Å². The van der Waals surface area contributed by atoms with Gasteiger partial charge in [-0.3, -0.25) is 9.48 Å². The fourth-order valence-electron chi connectivity index (χ4n) is 2.24. The Morgan fingerprint density at radius 3 is 2.76 bits per heavy atom. The number of carboxylic acids is 1. The van der Waals surface area contributed by atoms with Crippen LogP contribution < -0.4 is 9.64 Å². The van der Waals surface area contributed by atoms with E-state index < -0.39 is 5.97 Å². The van der Waals surface area contributed by atoms with Crippen LogP contribution in [0.1, 0.15) is 10.5 Å². The summed E-state index contributed by atoms with van der Waals surface area (Å²) in [5.41, 5.74) is 2.00. The molecule has 0 spiro atoms. The smallest absolute Gasteiger partial charge is 0.354 e. The predicted molar refractivity (Wildman–Crippen MR) is 74.5 cm³/mol. The minimum absolute atomic E-state index is 0.0234. The molecule has 1 amide bonds. The van der Waals surface area contributed by atoms with Crippen LogP contribution in [0.3, 0.4) is 0 Å². The first-order valence-corrected chi connectivity index (χ1v) is 6.28. The number of aromatic carboxylic acids is 1. The number of aromatic nitrogens is 2. The van der Waals surface area contributed by atoms with Gasteiger partial charge < -0.3 is 14.7 Å². The van der Waals surface area contributed by atoms with E-state index in [0.717, 1.165) is 5.56 Å². The normalized spacial score (nSPS) is 13.8. The zero-order chi connectivity index (χ0) is 15.1. The number of carbonyl (C=O) groups is 2. The molecule has 3 rings (SSSR count). The number of aryl methyl sites for hydroxylation is 1. The van der Waals surface area contributed by atoms with Crippen LogP contribution in [-0.2, 0) is 11.8 Å². The molecular weight excluding hydrogens is 274 g/mol. The van der Waals surface area contributed by atoms with Gasteiger partial charge in [-0.05, 0) is 24.3 Å². The lowest BCUT2D eigenvalue weighted by Crippen LogP contribution is -2.35. The van der Waals surface area contributed by atoms with Crippen LogP contribution in [0.15, 0.2) is 24.3 Å². The number of amides is 1. The highest BCUT2D eigenvalue weighted by Gasteiger charge is 2.23. The Morgan fingerprint density at radius 1 is 1.33 bits per heavy atom. The molecular formula is C14H13N3O4. The van der Waals surface area contributed by atoms with Crippen molar-refractivity contribution in [2.45, 2.75) is 0 Å². The van der Waals surface area contributed by atoms with Crippen LogP contribution >= 0.6 is 0 Å². The number of carbonyl (C=O) groups excluding carboxylic acids is 1. The summed E-state index contributed by atoms with van der Waals surface area (Å²) in [6, 6.07) is 6.80. The van der Waals surface area contributed by atoms with Crippen LogP contribution in [0.5, 0.6) is 5.75 Å². The minimum atomic E-state index is -1.04. The number of rotatable bonds is 2. The largest absolute Gasteiger partial charge is 0.482 e. The van der Waals surface area contributed by atoms with Crippen molar-refractivity contribution >= 4 is 17.6 Å². The minimum Gasteiger partial charge on any atom is -0.482 e. The number of hydrogen-bond donors (Lipinski definition) is 1. The quantitative estimate of drug-likeness (QED) is 0.895. The molecule has 1 aliphatic heterocycles. The van der Waals surface area contributed by atoms with Crippen LogP contribution in [-0.4, -0.2) is 40.4 Å². The van der Waals surface area contributed by atoms with Crippen LogP contribution in [0.25, 0.3) is 11.3 Å². The maximum Gasteiger partial charge on any atom is 0.354 e. The standard InChI is InChI=1S/C14H13N3O4/c1-16-10-5-8(3-4-12(10)21-7-13(16)18)9-6-11(14(19)20)17(2)15-9/h3-6H,7H2,1-2H3,(H,19,20). The van der Waals surface area contributed by atoms with Crippen LogP contribution in [0.2, 0.25) is 0 Å². The molecule has 0 saturated carbocycles. The highest BCUT2D eigenvalue weighted by molar-refractivity contribution is 5.98. The topological polar surface area (TPSA) is 84.7 Å². The summed E-state index contributed by atoms with van der Waals surface area (Å²) >= 11 is 0. The molecule has 21 heavy (non-hydrogen) atoms. The van der Waals surface area contributed by atoms with Crippen molar-refractivity contribution in [2.75, 3.05) is 18.6 Å². The first-order chi connectivity index (χ1) is 9.97. The summed E-state index contributed by atoms with van der Waals surface area (Å²) in [5, 5.41) is 13.2. The molecule has 0 radical (unpaired) electrons. The van der Waals surface area contributed by atoms with Crippen molar-refractivity contribution < 1.29 is 19.4 Å². The van der Waals surface area contributed by atoms with Gasteiger partial charge in [0.2, 0.25) is 0 Å². The molecule has 1 aromatic carbocycles. The molecule has 1 aliphatic rings. The van der Waals surface area contributed by atoms with Gasteiger partial charge in [0, 0.05) is 19.7 Å². The molecule has 7 nitrogen and oxygen atoms in total. The monoisotopic (exact) mass is 287 g/mol. The Bertz CT molecular complexity index is 751. The van der Waals surface area contributed by atoms with Gasteiger partial charge in [0.25, 0.3) is 5.91 Å². The second kappa shape index (κ2) is 4.62. The number of nitrogens with zero attached hydrogens (tertiary/aromatic N) is 3. The fourth-order valence-corrected chi connectivity index (χ4v) is 2.24. The predicted octanol–water partition coefficient (Wildman–Crippen LogP) is 1.14. The van der Waals surface area contributed by atoms with E-state index in [-0.39, 0.29) is 18.2 Å². The highest BCUT2D eigenvalue weighted by Crippen LogP contribution is 2.35. The Kier molecular flexibility index (Phi) is 2.90. The lowest BCUT2D eigenvalue weighted by atomic mass is 10.1. The number of anilines is 1. The Balaban J connectivity index is 2.06. The van der Waals surface area contributed by atoms with Crippen molar-refractivity contribution in [1.29, 1.82) is 0 Å². The third-order valence-corrected chi connectivity index (χ3v) is 3.44. The van der Waals surface area contributed by atoms with Gasteiger partial charge >= 0.3 is 5.97 Å². The molecule has 2 aromatic rings. The van der Waals surface area contributed by atoms with Gasteiger partial charge in [0.15, 0.2) is 6.61 Å². The first kappa shape index (κ1) is 13.2. The SMILES string of the molecule is CN1C(=O)COc2ccc(-c3cc(C(=O)O)n(C)n3)cc21. The molecule has 1 N–H and O–H groups in total. The van der Waals surface area contributed by atoms with Gasteiger partial charge in [-0.25, -0.2) is 4.79 Å². The maximum absolute atomic E-state index is 11.7. The van der Waals surface area contributed by atoms with E-state index in [1.54, 1.807) is 32.3 Å². The molecule has 0 atom stereocenters. The van der Waals surface area contributed by atoms with Crippen LogP contribution in [0.4, 0.5) is 5.69 Å². The number of ether oxygens (including phenoxy) is 1. The van der Waals surface area contributed by atoms with Gasteiger partial charge in [0.05, 0.1) is 11.4 Å². The molecule has 2 heterocycles. The van der Waals surface area contributed by atoms with E-state index in [9.17, 15) is 9.59 Å². The molecule has 0 fully saturated rings.